The zero-order valence-corrected chi connectivity index (χ0v) is 16.4. The van der Waals surface area contributed by atoms with Gasteiger partial charge in [0.25, 0.3) is 5.91 Å². The van der Waals surface area contributed by atoms with Gasteiger partial charge in [0.15, 0.2) is 0 Å². The number of amides is 1. The van der Waals surface area contributed by atoms with E-state index in [1.807, 2.05) is 28.9 Å². The maximum atomic E-state index is 13.4. The second-order valence-electron chi connectivity index (χ2n) is 7.32. The second-order valence-corrected chi connectivity index (χ2v) is 7.32. The molecule has 0 aromatic carbocycles. The fourth-order valence-electron chi connectivity index (χ4n) is 4.25. The first-order valence-electron chi connectivity index (χ1n) is 8.93. The van der Waals surface area contributed by atoms with Gasteiger partial charge >= 0.3 is 0 Å². The number of hydrogen-bond donors (Lipinski definition) is 1. The smallest absolute Gasteiger partial charge is 0.250 e. The quantitative estimate of drug-likeness (QED) is 0.847. The number of likely N-dealkylation sites (N-methyl/N-ethyl adjacent to an activating group) is 1. The molecule has 3 aliphatic rings. The van der Waals surface area contributed by atoms with Crippen LogP contribution in [0, 0.1) is 0 Å². The molecule has 1 amide bonds. The van der Waals surface area contributed by atoms with E-state index in [9.17, 15) is 4.79 Å². The summed E-state index contributed by atoms with van der Waals surface area (Å²) in [4.78, 5) is 18.0. The van der Waals surface area contributed by atoms with E-state index in [0.717, 1.165) is 51.5 Å². The van der Waals surface area contributed by atoms with Gasteiger partial charge in [-0.15, -0.1) is 24.8 Å². The molecule has 6 nitrogen and oxygen atoms in total. The summed E-state index contributed by atoms with van der Waals surface area (Å²) in [5.41, 5.74) is -0.503. The SMILES string of the molecule is CN(C(=O)C1(n2cccn2)CCNCC1)C1CCN(C2CC2)C1.Cl.Cl. The molecule has 8 heteroatoms. The topological polar surface area (TPSA) is 53.4 Å². The van der Waals surface area contributed by atoms with Crippen molar-refractivity contribution in [1.29, 1.82) is 0 Å². The van der Waals surface area contributed by atoms with Gasteiger partial charge in [-0.25, -0.2) is 0 Å². The first-order chi connectivity index (χ1) is 11.2. The molecule has 1 atom stereocenters. The molecule has 2 saturated heterocycles. The summed E-state index contributed by atoms with van der Waals surface area (Å²) in [5.74, 6) is 0.241. The molecule has 1 unspecified atom stereocenters. The van der Waals surface area contributed by atoms with Crippen LogP contribution in [0.5, 0.6) is 0 Å². The van der Waals surface area contributed by atoms with E-state index in [4.69, 9.17) is 0 Å². The number of likely N-dealkylation sites (tertiary alicyclic amines) is 1. The summed E-state index contributed by atoms with van der Waals surface area (Å²) in [7, 11) is 2.00. The second kappa shape index (κ2) is 8.25. The van der Waals surface area contributed by atoms with Crippen molar-refractivity contribution in [3.05, 3.63) is 18.5 Å². The van der Waals surface area contributed by atoms with E-state index in [1.165, 1.54) is 12.8 Å². The molecule has 1 aliphatic carbocycles. The minimum absolute atomic E-state index is 0. The summed E-state index contributed by atoms with van der Waals surface area (Å²) in [6, 6.07) is 3.06. The molecule has 1 aromatic heterocycles. The van der Waals surface area contributed by atoms with Crippen LogP contribution < -0.4 is 5.32 Å². The maximum Gasteiger partial charge on any atom is 0.250 e. The number of piperidine rings is 1. The van der Waals surface area contributed by atoms with Crippen molar-refractivity contribution in [3.63, 3.8) is 0 Å². The van der Waals surface area contributed by atoms with Crippen LogP contribution >= 0.6 is 24.8 Å². The van der Waals surface area contributed by atoms with Crippen molar-refractivity contribution in [1.82, 2.24) is 24.9 Å². The van der Waals surface area contributed by atoms with Crippen LogP contribution in [-0.2, 0) is 10.3 Å². The lowest BCUT2D eigenvalue weighted by Crippen LogP contribution is -2.57. The minimum atomic E-state index is -0.503. The van der Waals surface area contributed by atoms with Gasteiger partial charge in [-0.2, -0.15) is 5.10 Å². The van der Waals surface area contributed by atoms with Gasteiger partial charge < -0.3 is 10.2 Å². The van der Waals surface area contributed by atoms with Crippen molar-refractivity contribution >= 4 is 30.7 Å². The Hall–Kier alpha value is -0.820. The van der Waals surface area contributed by atoms with Crippen molar-refractivity contribution in [3.8, 4) is 0 Å². The van der Waals surface area contributed by atoms with Gasteiger partial charge in [0, 0.05) is 44.6 Å². The molecule has 25 heavy (non-hydrogen) atoms. The third-order valence-corrected chi connectivity index (χ3v) is 5.90. The molecular weight excluding hydrogens is 361 g/mol. The molecule has 0 radical (unpaired) electrons. The lowest BCUT2D eigenvalue weighted by atomic mass is 9.86. The standard InChI is InChI=1S/C17H27N5O.2ClH/c1-20(15-5-12-21(13-15)14-3-4-14)16(23)17(6-9-18-10-7-17)22-11-2-8-19-22;;/h2,8,11,14-15,18H,3-7,9-10,12-13H2,1H3;2*1H. The number of nitrogens with one attached hydrogen (secondary N) is 1. The Morgan fingerprint density at radius 3 is 2.56 bits per heavy atom. The highest BCUT2D eigenvalue weighted by molar-refractivity contribution is 5.86. The van der Waals surface area contributed by atoms with Crippen LogP contribution in [0.15, 0.2) is 18.5 Å². The Labute approximate surface area is 162 Å². The average Bonchev–Trinajstić information content (AvgIpc) is 3.10. The number of rotatable bonds is 4. The predicted molar refractivity (Wildman–Crippen MR) is 103 cm³/mol. The number of carbonyl (C=O) groups is 1. The van der Waals surface area contributed by atoms with Crippen molar-refractivity contribution < 1.29 is 4.79 Å². The molecule has 3 fully saturated rings. The Kier molecular flexibility index (Phi) is 6.76. The maximum absolute atomic E-state index is 13.4. The number of nitrogens with zero attached hydrogens (tertiary/aromatic N) is 4. The van der Waals surface area contributed by atoms with Gasteiger partial charge in [-0.3, -0.25) is 14.4 Å². The number of aromatic nitrogens is 2. The Morgan fingerprint density at radius 1 is 1.24 bits per heavy atom. The molecule has 0 spiro atoms. The van der Waals surface area contributed by atoms with Gasteiger partial charge in [-0.05, 0) is 51.3 Å². The van der Waals surface area contributed by atoms with Gasteiger partial charge in [-0.1, -0.05) is 0 Å². The monoisotopic (exact) mass is 389 g/mol. The normalized spacial score (nSPS) is 25.7. The predicted octanol–water partition coefficient (Wildman–Crippen LogP) is 1.50. The summed E-state index contributed by atoms with van der Waals surface area (Å²) >= 11 is 0. The summed E-state index contributed by atoms with van der Waals surface area (Å²) in [6.07, 6.45) is 9.14. The lowest BCUT2D eigenvalue weighted by Gasteiger charge is -2.40. The van der Waals surface area contributed by atoms with E-state index in [2.05, 4.69) is 15.3 Å². The number of hydrogen-bond acceptors (Lipinski definition) is 4. The van der Waals surface area contributed by atoms with Crippen LogP contribution in [0.1, 0.15) is 32.1 Å². The van der Waals surface area contributed by atoms with E-state index < -0.39 is 5.54 Å². The minimum Gasteiger partial charge on any atom is -0.339 e. The zero-order chi connectivity index (χ0) is 15.9. The third-order valence-electron chi connectivity index (χ3n) is 5.90. The fraction of sp³-hybridized carbons (Fsp3) is 0.765. The zero-order valence-electron chi connectivity index (χ0n) is 14.8. The summed E-state index contributed by atoms with van der Waals surface area (Å²) < 4.78 is 1.90. The van der Waals surface area contributed by atoms with E-state index in [0.29, 0.717) is 6.04 Å². The molecule has 142 valence electrons. The summed E-state index contributed by atoms with van der Waals surface area (Å²) in [5, 5.41) is 7.80. The third kappa shape index (κ3) is 3.82. The van der Waals surface area contributed by atoms with Crippen molar-refractivity contribution in [2.24, 2.45) is 0 Å². The lowest BCUT2D eigenvalue weighted by molar-refractivity contribution is -0.143. The molecule has 1 saturated carbocycles. The van der Waals surface area contributed by atoms with Gasteiger partial charge in [0.05, 0.1) is 0 Å². The summed E-state index contributed by atoms with van der Waals surface area (Å²) in [6.45, 7) is 3.93. The Bertz CT molecular complexity index is 557. The highest BCUT2D eigenvalue weighted by Gasteiger charge is 2.46. The molecular formula is C17H29Cl2N5O. The van der Waals surface area contributed by atoms with E-state index in [1.54, 1.807) is 6.20 Å². The van der Waals surface area contributed by atoms with Crippen LogP contribution in [0.4, 0.5) is 0 Å². The van der Waals surface area contributed by atoms with Gasteiger partial charge in [0.2, 0.25) is 0 Å². The Balaban J connectivity index is 0.00000113. The fourth-order valence-corrected chi connectivity index (χ4v) is 4.25. The van der Waals surface area contributed by atoms with Crippen molar-refractivity contribution in [2.45, 2.75) is 49.7 Å². The van der Waals surface area contributed by atoms with Crippen LogP contribution in [0.25, 0.3) is 0 Å². The largest absolute Gasteiger partial charge is 0.339 e. The number of halogens is 2. The van der Waals surface area contributed by atoms with Crippen LogP contribution in [0.3, 0.4) is 0 Å². The molecule has 4 rings (SSSR count). The van der Waals surface area contributed by atoms with Gasteiger partial charge in [0.1, 0.15) is 5.54 Å². The number of carbonyl (C=O) groups excluding carboxylic acids is 1. The van der Waals surface area contributed by atoms with Crippen molar-refractivity contribution in [2.75, 3.05) is 33.2 Å². The van der Waals surface area contributed by atoms with E-state index in [-0.39, 0.29) is 30.7 Å². The molecule has 0 bridgehead atoms. The van der Waals surface area contributed by atoms with E-state index >= 15 is 0 Å². The molecule has 3 heterocycles. The van der Waals surface area contributed by atoms with Crippen LogP contribution in [0.2, 0.25) is 0 Å². The highest BCUT2D eigenvalue weighted by Crippen LogP contribution is 2.33. The highest BCUT2D eigenvalue weighted by atomic mass is 35.5. The Morgan fingerprint density at radius 2 is 1.96 bits per heavy atom. The first kappa shape index (κ1) is 20.5. The van der Waals surface area contributed by atoms with Crippen LogP contribution in [-0.4, -0.2) is 70.8 Å². The first-order valence-corrected chi connectivity index (χ1v) is 8.93. The average molecular weight is 390 g/mol. The molecule has 1 aromatic rings. The molecule has 2 aliphatic heterocycles. The molecule has 1 N–H and O–H groups in total.